The first-order chi connectivity index (χ1) is 13.3. The fourth-order valence-corrected chi connectivity index (χ4v) is 2.72. The third-order valence-electron chi connectivity index (χ3n) is 3.88. The first-order valence-corrected chi connectivity index (χ1v) is 8.79. The largest absolute Gasteiger partial charge is 0.489 e. The normalized spacial score (nSPS) is 14.0. The Morgan fingerprint density at radius 1 is 1.18 bits per heavy atom. The topological polar surface area (TPSA) is 73.9 Å². The lowest BCUT2D eigenvalue weighted by atomic mass is 10.2. The first kappa shape index (κ1) is 19.9. The molecular formula is C19H16ClF2NO5. The summed E-state index contributed by atoms with van der Waals surface area (Å²) in [5.41, 5.74) is -0.294. The third-order valence-corrected chi connectivity index (χ3v) is 4.16. The van der Waals surface area contributed by atoms with E-state index in [4.69, 9.17) is 25.8 Å². The number of carbonyl (C=O) groups is 2. The van der Waals surface area contributed by atoms with Crippen LogP contribution in [0, 0.1) is 11.6 Å². The number of esters is 1. The maximum absolute atomic E-state index is 13.6. The van der Waals surface area contributed by atoms with Crippen molar-refractivity contribution in [3.05, 3.63) is 52.6 Å². The van der Waals surface area contributed by atoms with Gasteiger partial charge in [-0.3, -0.25) is 4.79 Å². The SMILES string of the molecule is C[C@H](OC(=O)c1cc(Cl)c2c(c1)OCCCO2)C(=O)Nc1cc(F)ccc1F. The molecule has 1 N–H and O–H groups in total. The molecule has 0 bridgehead atoms. The monoisotopic (exact) mass is 411 g/mol. The van der Waals surface area contributed by atoms with Crippen molar-refractivity contribution in [1.29, 1.82) is 0 Å². The molecule has 0 spiro atoms. The summed E-state index contributed by atoms with van der Waals surface area (Å²) in [4.78, 5) is 24.5. The Balaban J connectivity index is 1.70. The van der Waals surface area contributed by atoms with Crippen LogP contribution in [-0.4, -0.2) is 31.2 Å². The van der Waals surface area contributed by atoms with Gasteiger partial charge in [0.15, 0.2) is 17.6 Å². The van der Waals surface area contributed by atoms with E-state index in [1.54, 1.807) is 0 Å². The van der Waals surface area contributed by atoms with Gasteiger partial charge in [0.2, 0.25) is 0 Å². The van der Waals surface area contributed by atoms with Gasteiger partial charge in [0.25, 0.3) is 5.91 Å². The molecule has 9 heteroatoms. The van der Waals surface area contributed by atoms with Crippen LogP contribution in [0.4, 0.5) is 14.5 Å². The highest BCUT2D eigenvalue weighted by atomic mass is 35.5. The molecule has 1 heterocycles. The quantitative estimate of drug-likeness (QED) is 0.771. The van der Waals surface area contributed by atoms with Crippen molar-refractivity contribution in [3.63, 3.8) is 0 Å². The maximum atomic E-state index is 13.6. The zero-order valence-electron chi connectivity index (χ0n) is 14.8. The minimum absolute atomic E-state index is 0.0610. The van der Waals surface area contributed by atoms with Gasteiger partial charge in [-0.15, -0.1) is 0 Å². The van der Waals surface area contributed by atoms with Crippen molar-refractivity contribution < 1.29 is 32.6 Å². The van der Waals surface area contributed by atoms with Crippen molar-refractivity contribution in [2.45, 2.75) is 19.4 Å². The van der Waals surface area contributed by atoms with E-state index in [0.29, 0.717) is 31.1 Å². The molecule has 1 aliphatic rings. The third kappa shape index (κ3) is 4.51. The highest BCUT2D eigenvalue weighted by Crippen LogP contribution is 2.38. The summed E-state index contributed by atoms with van der Waals surface area (Å²) in [6.45, 7) is 2.14. The summed E-state index contributed by atoms with van der Waals surface area (Å²) >= 11 is 6.13. The van der Waals surface area contributed by atoms with Crippen molar-refractivity contribution in [1.82, 2.24) is 0 Å². The lowest BCUT2D eigenvalue weighted by Gasteiger charge is -2.15. The number of halogens is 3. The van der Waals surface area contributed by atoms with Gasteiger partial charge in [0.1, 0.15) is 11.6 Å². The molecule has 2 aromatic rings. The number of amides is 1. The van der Waals surface area contributed by atoms with Crippen LogP contribution in [0.2, 0.25) is 5.02 Å². The van der Waals surface area contributed by atoms with Gasteiger partial charge in [0.05, 0.1) is 29.5 Å². The second-order valence-electron chi connectivity index (χ2n) is 6.00. The zero-order valence-corrected chi connectivity index (χ0v) is 15.5. The first-order valence-electron chi connectivity index (χ1n) is 8.41. The molecule has 0 unspecified atom stereocenters. The number of hydrogen-bond acceptors (Lipinski definition) is 5. The molecule has 6 nitrogen and oxygen atoms in total. The Hall–Kier alpha value is -2.87. The summed E-state index contributed by atoms with van der Waals surface area (Å²) < 4.78 is 42.9. The Bertz CT molecular complexity index is 921. The van der Waals surface area contributed by atoms with E-state index in [0.717, 1.165) is 18.2 Å². The van der Waals surface area contributed by atoms with E-state index in [-0.39, 0.29) is 16.3 Å². The number of nitrogens with one attached hydrogen (secondary N) is 1. The second-order valence-corrected chi connectivity index (χ2v) is 6.40. The molecule has 0 aliphatic carbocycles. The van der Waals surface area contributed by atoms with Crippen LogP contribution in [0.1, 0.15) is 23.7 Å². The number of anilines is 1. The van der Waals surface area contributed by atoms with Crippen LogP contribution in [-0.2, 0) is 9.53 Å². The molecule has 148 valence electrons. The van der Waals surface area contributed by atoms with Crippen LogP contribution in [0.5, 0.6) is 11.5 Å². The molecule has 28 heavy (non-hydrogen) atoms. The van der Waals surface area contributed by atoms with Crippen LogP contribution in [0.25, 0.3) is 0 Å². The smallest absolute Gasteiger partial charge is 0.339 e. The van der Waals surface area contributed by atoms with E-state index in [9.17, 15) is 18.4 Å². The van der Waals surface area contributed by atoms with E-state index in [2.05, 4.69) is 5.32 Å². The number of benzene rings is 2. The Morgan fingerprint density at radius 2 is 1.93 bits per heavy atom. The average molecular weight is 412 g/mol. The molecule has 0 saturated heterocycles. The van der Waals surface area contributed by atoms with Crippen LogP contribution < -0.4 is 14.8 Å². The predicted octanol–water partition coefficient (Wildman–Crippen LogP) is 3.96. The predicted molar refractivity (Wildman–Crippen MR) is 96.9 cm³/mol. The molecule has 3 rings (SSSR count). The molecular weight excluding hydrogens is 396 g/mol. The van der Waals surface area contributed by atoms with Gasteiger partial charge >= 0.3 is 5.97 Å². The van der Waals surface area contributed by atoms with E-state index in [1.807, 2.05) is 0 Å². The molecule has 1 aliphatic heterocycles. The number of carbonyl (C=O) groups excluding carboxylic acids is 2. The summed E-state index contributed by atoms with van der Waals surface area (Å²) in [5.74, 6) is -2.55. The van der Waals surface area contributed by atoms with Gasteiger partial charge in [-0.1, -0.05) is 11.6 Å². The second kappa shape index (κ2) is 8.43. The van der Waals surface area contributed by atoms with Gasteiger partial charge in [-0.25, -0.2) is 13.6 Å². The Labute approximate surface area is 164 Å². The van der Waals surface area contributed by atoms with Crippen molar-refractivity contribution >= 4 is 29.2 Å². The lowest BCUT2D eigenvalue weighted by molar-refractivity contribution is -0.123. The Kier molecular flexibility index (Phi) is 5.99. The molecule has 0 aromatic heterocycles. The van der Waals surface area contributed by atoms with Crippen molar-refractivity contribution in [3.8, 4) is 11.5 Å². The summed E-state index contributed by atoms with van der Waals surface area (Å²) in [5, 5.41) is 2.35. The van der Waals surface area contributed by atoms with Crippen LogP contribution in [0.15, 0.2) is 30.3 Å². The standard InChI is InChI=1S/C19H16ClF2NO5/c1-10(18(24)23-15-9-12(21)3-4-14(15)22)28-19(25)11-7-13(20)17-16(8-11)26-5-2-6-27-17/h3-4,7-10H,2,5-6H2,1H3,(H,23,24)/t10-/m0/s1. The maximum Gasteiger partial charge on any atom is 0.339 e. The molecule has 2 aromatic carbocycles. The number of rotatable bonds is 4. The van der Waals surface area contributed by atoms with E-state index in [1.165, 1.54) is 19.1 Å². The van der Waals surface area contributed by atoms with E-state index < -0.39 is 29.6 Å². The van der Waals surface area contributed by atoms with Gasteiger partial charge in [0, 0.05) is 12.5 Å². The minimum Gasteiger partial charge on any atom is -0.489 e. The highest BCUT2D eigenvalue weighted by Gasteiger charge is 2.23. The molecule has 1 atom stereocenters. The lowest BCUT2D eigenvalue weighted by Crippen LogP contribution is -2.30. The van der Waals surface area contributed by atoms with Gasteiger partial charge in [-0.2, -0.15) is 0 Å². The summed E-state index contributed by atoms with van der Waals surface area (Å²) in [6.07, 6.45) is -0.608. The minimum atomic E-state index is -1.27. The number of hydrogen-bond donors (Lipinski definition) is 1. The highest BCUT2D eigenvalue weighted by molar-refractivity contribution is 6.32. The molecule has 0 fully saturated rings. The molecule has 0 radical (unpaired) electrons. The summed E-state index contributed by atoms with van der Waals surface area (Å²) in [7, 11) is 0. The molecule has 1 amide bonds. The van der Waals surface area contributed by atoms with Gasteiger partial charge < -0.3 is 19.5 Å². The van der Waals surface area contributed by atoms with E-state index >= 15 is 0 Å². The average Bonchev–Trinajstić information content (AvgIpc) is 2.90. The fraction of sp³-hybridized carbons (Fsp3) is 0.263. The fourth-order valence-electron chi connectivity index (χ4n) is 2.46. The number of ether oxygens (including phenoxy) is 3. The van der Waals surface area contributed by atoms with Crippen LogP contribution >= 0.6 is 11.6 Å². The molecule has 0 saturated carbocycles. The summed E-state index contributed by atoms with van der Waals surface area (Å²) in [6, 6.07) is 5.37. The number of fused-ring (bicyclic) bond motifs is 1. The zero-order chi connectivity index (χ0) is 20.3. The van der Waals surface area contributed by atoms with Gasteiger partial charge in [-0.05, 0) is 31.2 Å². The van der Waals surface area contributed by atoms with Crippen LogP contribution in [0.3, 0.4) is 0 Å². The van der Waals surface area contributed by atoms with Crippen molar-refractivity contribution in [2.24, 2.45) is 0 Å². The Morgan fingerprint density at radius 3 is 2.71 bits per heavy atom. The van der Waals surface area contributed by atoms with Crippen molar-refractivity contribution in [2.75, 3.05) is 18.5 Å².